The number of carbonyl (C=O) groups excluding carboxylic acids is 1. The first-order valence-corrected chi connectivity index (χ1v) is 4.01. The van der Waals surface area contributed by atoms with Crippen molar-refractivity contribution in [3.63, 3.8) is 0 Å². The lowest BCUT2D eigenvalue weighted by Gasteiger charge is -2.02. The zero-order valence-electron chi connectivity index (χ0n) is 7.62. The summed E-state index contributed by atoms with van der Waals surface area (Å²) in [4.78, 5) is 11.1. The number of esters is 1. The number of halogens is 2. The molecule has 1 aliphatic rings. The molecular weight excluding hydrogens is 210 g/mol. The Morgan fingerprint density at radius 3 is 2.87 bits per heavy atom. The molecule has 0 aromatic heterocycles. The molecule has 0 aliphatic carbocycles. The van der Waals surface area contributed by atoms with Gasteiger partial charge in [0.1, 0.15) is 0 Å². The second kappa shape index (κ2) is 3.38. The summed E-state index contributed by atoms with van der Waals surface area (Å²) >= 11 is 0. The van der Waals surface area contributed by atoms with Gasteiger partial charge in [-0.1, -0.05) is 0 Å². The van der Waals surface area contributed by atoms with Crippen LogP contribution in [-0.4, -0.2) is 19.6 Å². The van der Waals surface area contributed by atoms with E-state index in [9.17, 15) is 13.6 Å². The number of ether oxygens (including phenoxy) is 3. The maximum absolute atomic E-state index is 13.5. The normalized spacial score (nSPS) is 17.7. The van der Waals surface area contributed by atoms with E-state index < -0.39 is 24.1 Å². The zero-order valence-corrected chi connectivity index (χ0v) is 7.62. The van der Waals surface area contributed by atoms with Gasteiger partial charge in [0, 0.05) is 0 Å². The van der Waals surface area contributed by atoms with Gasteiger partial charge in [-0.25, -0.2) is 9.18 Å². The van der Waals surface area contributed by atoms with E-state index in [0.29, 0.717) is 0 Å². The van der Waals surface area contributed by atoms with Crippen LogP contribution in [0.2, 0.25) is 0 Å². The van der Waals surface area contributed by atoms with Gasteiger partial charge in [-0.15, -0.1) is 0 Å². The summed E-state index contributed by atoms with van der Waals surface area (Å²) in [6.45, 7) is -2.04. The monoisotopic (exact) mass is 216 g/mol. The molecular formula is C9H6F2O4. The minimum atomic E-state index is -2.04. The van der Waals surface area contributed by atoms with E-state index in [1.807, 2.05) is 0 Å². The van der Waals surface area contributed by atoms with Crippen LogP contribution in [0.1, 0.15) is 10.4 Å². The first kappa shape index (κ1) is 9.70. The van der Waals surface area contributed by atoms with E-state index in [4.69, 9.17) is 0 Å². The molecule has 1 aromatic carbocycles. The second-order valence-electron chi connectivity index (χ2n) is 2.76. The molecule has 0 fully saturated rings. The van der Waals surface area contributed by atoms with Crippen LogP contribution in [0.3, 0.4) is 0 Å². The number of methoxy groups -OCH3 is 1. The number of carbonyl (C=O) groups is 1. The van der Waals surface area contributed by atoms with Gasteiger partial charge in [0.15, 0.2) is 11.6 Å². The predicted molar refractivity (Wildman–Crippen MR) is 43.9 cm³/mol. The van der Waals surface area contributed by atoms with Crippen molar-refractivity contribution in [1.82, 2.24) is 0 Å². The maximum atomic E-state index is 13.5. The third-order valence-electron chi connectivity index (χ3n) is 1.90. The summed E-state index contributed by atoms with van der Waals surface area (Å²) < 4.78 is 39.3. The Morgan fingerprint density at radius 2 is 2.20 bits per heavy atom. The standard InChI is InChI=1S/C9H6F2O4/c1-13-8(12)4-2-3-5-7(6(4)10)15-9(11)14-5/h2-3,9H,1H3. The molecule has 80 valence electrons. The summed E-state index contributed by atoms with van der Waals surface area (Å²) in [5, 5.41) is 0. The first-order valence-electron chi connectivity index (χ1n) is 4.01. The Bertz CT molecular complexity index is 419. The topological polar surface area (TPSA) is 44.8 Å². The fourth-order valence-corrected chi connectivity index (χ4v) is 1.23. The molecule has 15 heavy (non-hydrogen) atoms. The van der Waals surface area contributed by atoms with Gasteiger partial charge < -0.3 is 14.2 Å². The van der Waals surface area contributed by atoms with Crippen molar-refractivity contribution in [3.8, 4) is 11.5 Å². The summed E-state index contributed by atoms with van der Waals surface area (Å²) in [6.07, 6.45) is 0. The summed E-state index contributed by atoms with van der Waals surface area (Å²) in [6, 6.07) is 2.38. The number of rotatable bonds is 1. The quantitative estimate of drug-likeness (QED) is 0.669. The molecule has 1 heterocycles. The Kier molecular flexibility index (Phi) is 2.18. The van der Waals surface area contributed by atoms with E-state index in [1.54, 1.807) is 0 Å². The minimum absolute atomic E-state index is 0.0762. The number of hydrogen-bond acceptors (Lipinski definition) is 4. The van der Waals surface area contributed by atoms with Gasteiger partial charge in [-0.3, -0.25) is 0 Å². The van der Waals surface area contributed by atoms with Crippen LogP contribution in [0.15, 0.2) is 12.1 Å². The largest absolute Gasteiger partial charge is 0.465 e. The Morgan fingerprint density at radius 1 is 1.47 bits per heavy atom. The summed E-state index contributed by atoms with van der Waals surface area (Å²) in [5.41, 5.74) is -0.325. The smallest absolute Gasteiger partial charge is 0.397 e. The van der Waals surface area contributed by atoms with E-state index in [-0.39, 0.29) is 11.3 Å². The molecule has 1 unspecified atom stereocenters. The van der Waals surface area contributed by atoms with Crippen LogP contribution in [-0.2, 0) is 4.74 Å². The number of alkyl halides is 1. The molecule has 0 amide bonds. The number of fused-ring (bicyclic) bond motifs is 1. The molecule has 0 N–H and O–H groups in total. The van der Waals surface area contributed by atoms with Crippen LogP contribution in [0, 0.1) is 5.82 Å². The molecule has 2 rings (SSSR count). The fraction of sp³-hybridized carbons (Fsp3) is 0.222. The van der Waals surface area contributed by atoms with Crippen molar-refractivity contribution < 1.29 is 27.8 Å². The van der Waals surface area contributed by atoms with Crippen LogP contribution in [0.5, 0.6) is 11.5 Å². The average molecular weight is 216 g/mol. The van der Waals surface area contributed by atoms with Crippen LogP contribution < -0.4 is 9.47 Å². The molecule has 1 aliphatic heterocycles. The van der Waals surface area contributed by atoms with Gasteiger partial charge in [0.05, 0.1) is 12.7 Å². The Balaban J connectivity index is 2.47. The molecule has 0 saturated carbocycles. The van der Waals surface area contributed by atoms with Crippen molar-refractivity contribution in [1.29, 1.82) is 0 Å². The molecule has 0 bridgehead atoms. The molecule has 4 nitrogen and oxygen atoms in total. The van der Waals surface area contributed by atoms with E-state index >= 15 is 0 Å². The average Bonchev–Trinajstić information content (AvgIpc) is 2.59. The van der Waals surface area contributed by atoms with Crippen molar-refractivity contribution in [2.45, 2.75) is 6.54 Å². The van der Waals surface area contributed by atoms with Crippen LogP contribution in [0.4, 0.5) is 8.78 Å². The molecule has 6 heteroatoms. The lowest BCUT2D eigenvalue weighted by atomic mass is 10.2. The van der Waals surface area contributed by atoms with Gasteiger partial charge in [-0.2, -0.15) is 4.39 Å². The lowest BCUT2D eigenvalue weighted by molar-refractivity contribution is -0.0663. The first-order chi connectivity index (χ1) is 7.13. The molecule has 1 atom stereocenters. The van der Waals surface area contributed by atoms with Gasteiger partial charge in [-0.05, 0) is 12.1 Å². The fourth-order valence-electron chi connectivity index (χ4n) is 1.23. The predicted octanol–water partition coefficient (Wildman–Crippen LogP) is 1.64. The highest BCUT2D eigenvalue weighted by atomic mass is 19.2. The zero-order chi connectivity index (χ0) is 11.0. The highest BCUT2D eigenvalue weighted by Gasteiger charge is 2.30. The van der Waals surface area contributed by atoms with Crippen molar-refractivity contribution in [2.75, 3.05) is 7.11 Å². The maximum Gasteiger partial charge on any atom is 0.397 e. The summed E-state index contributed by atoms with van der Waals surface area (Å²) in [5.74, 6) is -2.33. The summed E-state index contributed by atoms with van der Waals surface area (Å²) in [7, 11) is 1.12. The number of benzene rings is 1. The molecule has 0 radical (unpaired) electrons. The Hall–Kier alpha value is -1.85. The molecule has 1 aromatic rings. The van der Waals surface area contributed by atoms with E-state index in [2.05, 4.69) is 14.2 Å². The van der Waals surface area contributed by atoms with Crippen molar-refractivity contribution in [3.05, 3.63) is 23.5 Å². The van der Waals surface area contributed by atoms with E-state index in [0.717, 1.165) is 13.2 Å². The van der Waals surface area contributed by atoms with Gasteiger partial charge in [0.25, 0.3) is 0 Å². The second-order valence-corrected chi connectivity index (χ2v) is 2.76. The van der Waals surface area contributed by atoms with Crippen LogP contribution >= 0.6 is 0 Å². The third kappa shape index (κ3) is 1.47. The molecule has 0 spiro atoms. The van der Waals surface area contributed by atoms with Crippen molar-refractivity contribution in [2.24, 2.45) is 0 Å². The lowest BCUT2D eigenvalue weighted by Crippen LogP contribution is -2.10. The van der Waals surface area contributed by atoms with Gasteiger partial charge >= 0.3 is 12.5 Å². The highest BCUT2D eigenvalue weighted by Crippen LogP contribution is 2.38. The number of hydrogen-bond donors (Lipinski definition) is 0. The third-order valence-corrected chi connectivity index (χ3v) is 1.90. The molecule has 0 saturated heterocycles. The van der Waals surface area contributed by atoms with Crippen LogP contribution in [0.25, 0.3) is 0 Å². The van der Waals surface area contributed by atoms with Crippen molar-refractivity contribution >= 4 is 5.97 Å². The Labute approximate surface area is 83.4 Å². The van der Waals surface area contributed by atoms with E-state index in [1.165, 1.54) is 6.07 Å². The minimum Gasteiger partial charge on any atom is -0.465 e. The highest BCUT2D eigenvalue weighted by molar-refractivity contribution is 5.90. The van der Waals surface area contributed by atoms with Gasteiger partial charge in [0.2, 0.25) is 5.75 Å². The SMILES string of the molecule is COC(=O)c1ccc2c(c1F)OC(F)O2.